The first kappa shape index (κ1) is 8.86. The molecule has 1 unspecified atom stereocenters. The molecular formula is C7H13F2. The van der Waals surface area contributed by atoms with Crippen LogP contribution in [0.5, 0.6) is 0 Å². The van der Waals surface area contributed by atoms with Gasteiger partial charge in [-0.3, -0.25) is 0 Å². The Hall–Kier alpha value is -0.140. The molecule has 0 aromatic carbocycles. The van der Waals surface area contributed by atoms with E-state index < -0.39 is 12.3 Å². The normalized spacial score (nSPS) is 17.3. The Morgan fingerprint density at radius 1 is 1.33 bits per heavy atom. The molecule has 0 aliphatic carbocycles. The Morgan fingerprint density at radius 3 is 2.22 bits per heavy atom. The number of alkyl halides is 2. The van der Waals surface area contributed by atoms with E-state index in [-0.39, 0.29) is 6.42 Å². The van der Waals surface area contributed by atoms with Gasteiger partial charge in [0.15, 0.2) is 0 Å². The van der Waals surface area contributed by atoms with Crippen LogP contribution in [-0.2, 0) is 0 Å². The van der Waals surface area contributed by atoms with Crippen molar-refractivity contribution < 1.29 is 8.78 Å². The fraction of sp³-hybridized carbons (Fsp3) is 0.857. The van der Waals surface area contributed by atoms with Crippen LogP contribution in [0.15, 0.2) is 0 Å². The average Bonchev–Trinajstić information content (AvgIpc) is 1.83. The van der Waals surface area contributed by atoms with E-state index >= 15 is 0 Å². The largest absolute Gasteiger partial charge is 0.248 e. The van der Waals surface area contributed by atoms with Crippen LogP contribution >= 0.6 is 0 Å². The summed E-state index contributed by atoms with van der Waals surface area (Å²) in [6.07, 6.45) is -0.914. The molecule has 0 saturated carbocycles. The Labute approximate surface area is 55.3 Å². The second-order valence-electron chi connectivity index (χ2n) is 2.24. The van der Waals surface area contributed by atoms with Crippen molar-refractivity contribution in [2.24, 2.45) is 0 Å². The first-order valence-electron chi connectivity index (χ1n) is 3.24. The molecule has 55 valence electrons. The molecule has 0 bridgehead atoms. The van der Waals surface area contributed by atoms with E-state index in [1.54, 1.807) is 0 Å². The fourth-order valence-electron chi connectivity index (χ4n) is 0.555. The molecule has 2 heteroatoms. The van der Waals surface area contributed by atoms with Gasteiger partial charge in [-0.05, 0) is 26.2 Å². The van der Waals surface area contributed by atoms with Crippen molar-refractivity contribution in [3.05, 3.63) is 6.92 Å². The summed E-state index contributed by atoms with van der Waals surface area (Å²) >= 11 is 0. The third kappa shape index (κ3) is 5.74. The van der Waals surface area contributed by atoms with Crippen molar-refractivity contribution in [1.29, 1.82) is 0 Å². The van der Waals surface area contributed by atoms with Gasteiger partial charge in [-0.25, -0.2) is 8.78 Å². The lowest BCUT2D eigenvalue weighted by molar-refractivity contribution is 0.260. The van der Waals surface area contributed by atoms with Crippen LogP contribution < -0.4 is 0 Å². The van der Waals surface area contributed by atoms with E-state index in [9.17, 15) is 8.78 Å². The van der Waals surface area contributed by atoms with Crippen molar-refractivity contribution in [1.82, 2.24) is 0 Å². The first-order chi connectivity index (χ1) is 4.16. The number of rotatable bonds is 4. The molecular weight excluding hydrogens is 122 g/mol. The Bertz CT molecular complexity index is 61.9. The zero-order valence-electron chi connectivity index (χ0n) is 5.74. The maximum absolute atomic E-state index is 12.3. The van der Waals surface area contributed by atoms with Crippen LogP contribution in [0.1, 0.15) is 26.2 Å². The van der Waals surface area contributed by atoms with Gasteiger partial charge in [0.05, 0.1) is 6.17 Å². The summed E-state index contributed by atoms with van der Waals surface area (Å²) in [5.74, 6) is 0. The minimum Gasteiger partial charge on any atom is -0.248 e. The molecule has 0 nitrogen and oxygen atoms in total. The van der Waals surface area contributed by atoms with Crippen LogP contribution in [0.25, 0.3) is 0 Å². The van der Waals surface area contributed by atoms with Crippen LogP contribution in [-0.4, -0.2) is 12.3 Å². The Balaban J connectivity index is 3.06. The molecule has 9 heavy (non-hydrogen) atoms. The summed E-state index contributed by atoms with van der Waals surface area (Å²) in [4.78, 5) is 0. The fourth-order valence-corrected chi connectivity index (χ4v) is 0.555. The summed E-state index contributed by atoms with van der Waals surface area (Å²) in [6.45, 7) is 4.81. The maximum Gasteiger partial charge on any atom is 0.100 e. The van der Waals surface area contributed by atoms with Crippen molar-refractivity contribution in [2.75, 3.05) is 0 Å². The summed E-state index contributed by atoms with van der Waals surface area (Å²) in [5, 5.41) is 0. The van der Waals surface area contributed by atoms with E-state index in [1.807, 2.05) is 0 Å². The van der Waals surface area contributed by atoms with Gasteiger partial charge in [0.25, 0.3) is 0 Å². The average molecular weight is 135 g/mol. The van der Waals surface area contributed by atoms with Gasteiger partial charge in [-0.2, -0.15) is 0 Å². The van der Waals surface area contributed by atoms with Gasteiger partial charge in [-0.1, -0.05) is 6.92 Å². The summed E-state index contributed by atoms with van der Waals surface area (Å²) < 4.78 is 24.3. The van der Waals surface area contributed by atoms with Crippen molar-refractivity contribution in [3.8, 4) is 0 Å². The summed E-state index contributed by atoms with van der Waals surface area (Å²) in [6, 6.07) is 0. The van der Waals surface area contributed by atoms with Crippen LogP contribution in [0.3, 0.4) is 0 Å². The Kier molecular flexibility index (Phi) is 4.64. The van der Waals surface area contributed by atoms with Crippen molar-refractivity contribution >= 4 is 0 Å². The molecule has 0 saturated heterocycles. The summed E-state index contributed by atoms with van der Waals surface area (Å²) in [5.41, 5.74) is 0. The highest BCUT2D eigenvalue weighted by Gasteiger charge is 2.05. The van der Waals surface area contributed by atoms with Crippen molar-refractivity contribution in [2.45, 2.75) is 38.5 Å². The van der Waals surface area contributed by atoms with E-state index in [1.165, 1.54) is 6.92 Å². The Morgan fingerprint density at radius 2 is 1.89 bits per heavy atom. The van der Waals surface area contributed by atoms with Gasteiger partial charge in [0, 0.05) is 0 Å². The lowest BCUT2D eigenvalue weighted by Crippen LogP contribution is -2.01. The molecule has 0 fully saturated rings. The van der Waals surface area contributed by atoms with Gasteiger partial charge < -0.3 is 0 Å². The van der Waals surface area contributed by atoms with Gasteiger partial charge in [0.1, 0.15) is 6.17 Å². The predicted molar refractivity (Wildman–Crippen MR) is 34.7 cm³/mol. The van der Waals surface area contributed by atoms with Crippen LogP contribution in [0.2, 0.25) is 0 Å². The van der Waals surface area contributed by atoms with Gasteiger partial charge in [0.2, 0.25) is 0 Å². The maximum atomic E-state index is 12.3. The predicted octanol–water partition coefficient (Wildman–Crippen LogP) is 2.69. The molecule has 0 amide bonds. The number of halogens is 2. The highest BCUT2D eigenvalue weighted by Crippen LogP contribution is 2.09. The molecule has 0 aliphatic rings. The van der Waals surface area contributed by atoms with E-state index in [0.29, 0.717) is 12.8 Å². The molecule has 0 aliphatic heterocycles. The minimum absolute atomic E-state index is 0.257. The zero-order valence-corrected chi connectivity index (χ0v) is 5.74. The van der Waals surface area contributed by atoms with Crippen LogP contribution in [0, 0.1) is 6.92 Å². The molecule has 0 aromatic heterocycles. The molecule has 0 N–H and O–H groups in total. The molecule has 0 spiro atoms. The second-order valence-corrected chi connectivity index (χ2v) is 2.24. The van der Waals surface area contributed by atoms with E-state index in [2.05, 4.69) is 6.92 Å². The lowest BCUT2D eigenvalue weighted by atomic mass is 10.1. The van der Waals surface area contributed by atoms with E-state index in [4.69, 9.17) is 0 Å². The van der Waals surface area contributed by atoms with Crippen LogP contribution in [0.4, 0.5) is 8.78 Å². The van der Waals surface area contributed by atoms with Gasteiger partial charge >= 0.3 is 0 Å². The van der Waals surface area contributed by atoms with E-state index in [0.717, 1.165) is 0 Å². The monoisotopic (exact) mass is 135 g/mol. The summed E-state index contributed by atoms with van der Waals surface area (Å²) in [7, 11) is 0. The number of hydrogen-bond acceptors (Lipinski definition) is 0. The third-order valence-corrected chi connectivity index (χ3v) is 1.19. The minimum atomic E-state index is -0.914. The molecule has 1 radical (unpaired) electrons. The van der Waals surface area contributed by atoms with Gasteiger partial charge in [-0.15, -0.1) is 0 Å². The van der Waals surface area contributed by atoms with Crippen molar-refractivity contribution in [3.63, 3.8) is 0 Å². The standard InChI is InChI=1S/C7H13F2/c1-3-7(9)5-4-6(2)8/h6-7H,1,3-5H2,2H3/t6?,7-/m0/s1. The highest BCUT2D eigenvalue weighted by atomic mass is 19.1. The lowest BCUT2D eigenvalue weighted by Gasteiger charge is -2.03. The topological polar surface area (TPSA) is 0 Å². The third-order valence-electron chi connectivity index (χ3n) is 1.19. The number of hydrogen-bond donors (Lipinski definition) is 0. The molecule has 0 heterocycles. The zero-order chi connectivity index (χ0) is 7.28. The second kappa shape index (κ2) is 4.71. The first-order valence-corrected chi connectivity index (χ1v) is 3.24. The molecule has 2 atom stereocenters. The SMILES string of the molecule is [CH2]C[C@H](F)CCC(C)F. The molecule has 0 aromatic rings. The quantitative estimate of drug-likeness (QED) is 0.556. The highest BCUT2D eigenvalue weighted by molar-refractivity contribution is 4.59. The molecule has 0 rings (SSSR count). The smallest absolute Gasteiger partial charge is 0.100 e.